The lowest BCUT2D eigenvalue weighted by atomic mass is 10.1. The molecule has 2 N–H and O–H groups in total. The number of aromatic hydroxyl groups is 1. The normalized spacial score (nSPS) is 11.6. The van der Waals surface area contributed by atoms with Gasteiger partial charge in [-0.3, -0.25) is 4.79 Å². The van der Waals surface area contributed by atoms with Crippen LogP contribution in [0.15, 0.2) is 60.7 Å². The summed E-state index contributed by atoms with van der Waals surface area (Å²) < 4.78 is 10.4. The Hall–Kier alpha value is -3.54. The molecule has 0 aliphatic carbocycles. The maximum Gasteiger partial charge on any atom is 0.342 e. The number of para-hydroxylation sites is 2. The Bertz CT molecular complexity index is 999. The summed E-state index contributed by atoms with van der Waals surface area (Å²) in [5.74, 6) is -0.985. The lowest BCUT2D eigenvalue weighted by molar-refractivity contribution is -0.123. The molecule has 0 bridgehead atoms. The van der Waals surface area contributed by atoms with Crippen molar-refractivity contribution in [3.8, 4) is 11.5 Å². The van der Waals surface area contributed by atoms with E-state index in [0.717, 1.165) is 10.8 Å². The Morgan fingerprint density at radius 2 is 1.63 bits per heavy atom. The molecule has 1 atom stereocenters. The third-order valence-electron chi connectivity index (χ3n) is 4.10. The number of esters is 1. The van der Waals surface area contributed by atoms with Crippen LogP contribution < -0.4 is 10.1 Å². The van der Waals surface area contributed by atoms with Crippen LogP contribution in [0.4, 0.5) is 5.69 Å². The number of hydrogen-bond acceptors (Lipinski definition) is 5. The lowest BCUT2D eigenvalue weighted by Crippen LogP contribution is -2.30. The summed E-state index contributed by atoms with van der Waals surface area (Å²) in [6, 6.07) is 17.3. The predicted molar refractivity (Wildman–Crippen MR) is 102 cm³/mol. The van der Waals surface area contributed by atoms with Crippen LogP contribution in [0.5, 0.6) is 11.5 Å². The van der Waals surface area contributed by atoms with Gasteiger partial charge in [-0.25, -0.2) is 4.79 Å². The Labute approximate surface area is 156 Å². The average molecular weight is 365 g/mol. The topological polar surface area (TPSA) is 84.9 Å². The summed E-state index contributed by atoms with van der Waals surface area (Å²) in [7, 11) is 1.50. The maximum absolute atomic E-state index is 12.4. The van der Waals surface area contributed by atoms with Gasteiger partial charge in [0, 0.05) is 0 Å². The first-order valence-electron chi connectivity index (χ1n) is 8.36. The van der Waals surface area contributed by atoms with E-state index in [9.17, 15) is 14.7 Å². The number of amides is 1. The van der Waals surface area contributed by atoms with Crippen molar-refractivity contribution in [1.82, 2.24) is 0 Å². The van der Waals surface area contributed by atoms with Crippen LogP contribution in [0.3, 0.4) is 0 Å². The van der Waals surface area contributed by atoms with E-state index in [1.807, 2.05) is 24.3 Å². The molecule has 3 aromatic carbocycles. The largest absolute Gasteiger partial charge is 0.507 e. The van der Waals surface area contributed by atoms with Crippen molar-refractivity contribution in [3.63, 3.8) is 0 Å². The van der Waals surface area contributed by atoms with Gasteiger partial charge in [-0.15, -0.1) is 0 Å². The molecule has 3 aromatic rings. The van der Waals surface area contributed by atoms with Gasteiger partial charge >= 0.3 is 5.97 Å². The van der Waals surface area contributed by atoms with Gasteiger partial charge in [-0.2, -0.15) is 0 Å². The van der Waals surface area contributed by atoms with Crippen molar-refractivity contribution in [1.29, 1.82) is 0 Å². The molecule has 0 aromatic heterocycles. The van der Waals surface area contributed by atoms with Gasteiger partial charge in [0.1, 0.15) is 17.1 Å². The highest BCUT2D eigenvalue weighted by Crippen LogP contribution is 2.26. The molecule has 138 valence electrons. The van der Waals surface area contributed by atoms with Gasteiger partial charge in [0.2, 0.25) is 0 Å². The van der Waals surface area contributed by atoms with Crippen LogP contribution in [-0.4, -0.2) is 30.2 Å². The molecule has 0 radical (unpaired) electrons. The summed E-state index contributed by atoms with van der Waals surface area (Å²) in [5, 5.41) is 14.4. The number of phenols is 1. The molecule has 6 heteroatoms. The van der Waals surface area contributed by atoms with E-state index in [0.29, 0.717) is 11.4 Å². The number of ether oxygens (including phenoxy) is 2. The first kappa shape index (κ1) is 18.3. The minimum Gasteiger partial charge on any atom is -0.507 e. The van der Waals surface area contributed by atoms with Crippen LogP contribution in [0, 0.1) is 0 Å². The number of fused-ring (bicyclic) bond motifs is 1. The number of benzene rings is 3. The first-order valence-corrected chi connectivity index (χ1v) is 8.36. The number of methoxy groups -OCH3 is 1. The molecule has 0 saturated carbocycles. The smallest absolute Gasteiger partial charge is 0.342 e. The van der Waals surface area contributed by atoms with Crippen LogP contribution in [0.25, 0.3) is 10.8 Å². The van der Waals surface area contributed by atoms with Gasteiger partial charge in [0.05, 0.1) is 12.8 Å². The quantitative estimate of drug-likeness (QED) is 0.673. The van der Waals surface area contributed by atoms with Gasteiger partial charge in [0.15, 0.2) is 6.10 Å². The zero-order chi connectivity index (χ0) is 19.4. The number of carbonyl (C=O) groups excluding carboxylic acids is 2. The fourth-order valence-corrected chi connectivity index (χ4v) is 2.65. The highest BCUT2D eigenvalue weighted by molar-refractivity contribution is 6.01. The number of carbonyl (C=O) groups is 2. The minimum absolute atomic E-state index is 0.00522. The summed E-state index contributed by atoms with van der Waals surface area (Å²) in [5.41, 5.74) is 0.479. The van der Waals surface area contributed by atoms with Gasteiger partial charge < -0.3 is 19.9 Å². The minimum atomic E-state index is -1.06. The van der Waals surface area contributed by atoms with E-state index < -0.39 is 18.0 Å². The van der Waals surface area contributed by atoms with Crippen LogP contribution in [0.1, 0.15) is 17.3 Å². The molecule has 0 fully saturated rings. The monoisotopic (exact) mass is 365 g/mol. The third-order valence-corrected chi connectivity index (χ3v) is 4.10. The van der Waals surface area contributed by atoms with Crippen molar-refractivity contribution < 1.29 is 24.2 Å². The Morgan fingerprint density at radius 1 is 1.00 bits per heavy atom. The fourth-order valence-electron chi connectivity index (χ4n) is 2.65. The molecule has 6 nitrogen and oxygen atoms in total. The lowest BCUT2D eigenvalue weighted by Gasteiger charge is -2.15. The molecular weight excluding hydrogens is 346 g/mol. The van der Waals surface area contributed by atoms with E-state index in [1.54, 1.807) is 24.3 Å². The number of nitrogens with one attached hydrogen (secondary N) is 1. The van der Waals surface area contributed by atoms with E-state index in [1.165, 1.54) is 26.2 Å². The van der Waals surface area contributed by atoms with Crippen molar-refractivity contribution in [2.45, 2.75) is 13.0 Å². The number of rotatable bonds is 5. The summed E-state index contributed by atoms with van der Waals surface area (Å²) in [6.07, 6.45) is -1.06. The molecule has 0 saturated heterocycles. The Morgan fingerprint density at radius 3 is 2.33 bits per heavy atom. The molecule has 0 heterocycles. The summed E-state index contributed by atoms with van der Waals surface area (Å²) >= 11 is 0. The summed E-state index contributed by atoms with van der Waals surface area (Å²) in [4.78, 5) is 24.8. The van der Waals surface area contributed by atoms with Crippen LogP contribution >= 0.6 is 0 Å². The van der Waals surface area contributed by atoms with E-state index >= 15 is 0 Å². The molecule has 1 unspecified atom stereocenters. The van der Waals surface area contributed by atoms with Crippen molar-refractivity contribution in [3.05, 3.63) is 66.2 Å². The zero-order valence-electron chi connectivity index (χ0n) is 14.9. The fraction of sp³-hybridized carbons (Fsp3) is 0.143. The van der Waals surface area contributed by atoms with Crippen molar-refractivity contribution in [2.75, 3.05) is 12.4 Å². The van der Waals surface area contributed by atoms with E-state index in [4.69, 9.17) is 9.47 Å². The zero-order valence-corrected chi connectivity index (χ0v) is 14.9. The number of hydrogen-bond donors (Lipinski definition) is 2. The molecular formula is C21H19NO5. The van der Waals surface area contributed by atoms with E-state index in [2.05, 4.69) is 5.32 Å². The van der Waals surface area contributed by atoms with Crippen molar-refractivity contribution in [2.24, 2.45) is 0 Å². The molecule has 3 rings (SSSR count). The predicted octanol–water partition coefficient (Wildman–Crippen LogP) is 3.74. The summed E-state index contributed by atoms with van der Waals surface area (Å²) in [6.45, 7) is 1.46. The van der Waals surface area contributed by atoms with Gasteiger partial charge in [-0.1, -0.05) is 36.4 Å². The second-order valence-electron chi connectivity index (χ2n) is 5.95. The molecule has 0 aliphatic rings. The molecule has 0 aliphatic heterocycles. The van der Waals surface area contributed by atoms with Crippen LogP contribution in [0.2, 0.25) is 0 Å². The van der Waals surface area contributed by atoms with Crippen LogP contribution in [-0.2, 0) is 9.53 Å². The Kier molecular flexibility index (Phi) is 5.26. The van der Waals surface area contributed by atoms with Crippen molar-refractivity contribution >= 4 is 28.3 Å². The highest BCUT2D eigenvalue weighted by Gasteiger charge is 2.22. The van der Waals surface area contributed by atoms with Gasteiger partial charge in [0.25, 0.3) is 5.91 Å². The number of anilines is 1. The average Bonchev–Trinajstić information content (AvgIpc) is 2.67. The second kappa shape index (κ2) is 7.78. The SMILES string of the molecule is COc1ccccc1NC(=O)C(C)OC(=O)c1cc2ccccc2cc1O. The number of phenolic OH excluding ortho intramolecular Hbond substituents is 1. The Balaban J connectivity index is 1.73. The molecule has 27 heavy (non-hydrogen) atoms. The maximum atomic E-state index is 12.4. The standard InChI is InChI=1S/C21H19NO5/c1-13(20(24)22-17-9-5-6-10-19(17)26-2)27-21(25)16-11-14-7-3-4-8-15(14)12-18(16)23/h3-13,23H,1-2H3,(H,22,24). The van der Waals surface area contributed by atoms with Gasteiger partial charge in [-0.05, 0) is 42.0 Å². The second-order valence-corrected chi connectivity index (χ2v) is 5.95. The van der Waals surface area contributed by atoms with E-state index in [-0.39, 0.29) is 11.3 Å². The molecule has 1 amide bonds. The highest BCUT2D eigenvalue weighted by atomic mass is 16.5. The molecule has 0 spiro atoms. The third kappa shape index (κ3) is 4.00. The first-order chi connectivity index (χ1) is 13.0.